The van der Waals surface area contributed by atoms with Crippen molar-refractivity contribution in [3.63, 3.8) is 0 Å². The Bertz CT molecular complexity index is 587. The van der Waals surface area contributed by atoms with Crippen molar-refractivity contribution in [1.82, 2.24) is 9.55 Å². The van der Waals surface area contributed by atoms with Gasteiger partial charge >= 0.3 is 0 Å². The number of nitrogens with zero attached hydrogens (tertiary/aromatic N) is 3. The van der Waals surface area contributed by atoms with Gasteiger partial charge in [-0.3, -0.25) is 0 Å². The molecule has 0 aliphatic rings. The van der Waals surface area contributed by atoms with Crippen LogP contribution < -0.4 is 0 Å². The summed E-state index contributed by atoms with van der Waals surface area (Å²) >= 11 is 0. The van der Waals surface area contributed by atoms with Crippen LogP contribution in [-0.4, -0.2) is 9.55 Å². The maximum absolute atomic E-state index is 8.89. The minimum absolute atomic E-state index is 0.415. The molecule has 1 aromatic carbocycles. The van der Waals surface area contributed by atoms with Crippen LogP contribution in [0.25, 0.3) is 11.0 Å². The van der Waals surface area contributed by atoms with E-state index in [2.05, 4.69) is 36.4 Å². The molecule has 1 heterocycles. The van der Waals surface area contributed by atoms with Crippen molar-refractivity contribution in [3.8, 4) is 6.07 Å². The smallest absolute Gasteiger partial charge is 0.112 e. The van der Waals surface area contributed by atoms with Gasteiger partial charge in [0.05, 0.1) is 22.7 Å². The van der Waals surface area contributed by atoms with E-state index in [1.54, 1.807) is 0 Å². The molecule has 0 spiro atoms. The third-order valence-electron chi connectivity index (χ3n) is 3.45. The van der Waals surface area contributed by atoms with E-state index in [1.807, 2.05) is 25.2 Å². The second-order valence-electron chi connectivity index (χ2n) is 4.88. The first kappa shape index (κ1) is 11.7. The summed E-state index contributed by atoms with van der Waals surface area (Å²) in [5.74, 6) is 2.06. The Hall–Kier alpha value is -1.82. The number of aryl methyl sites for hydroxylation is 1. The van der Waals surface area contributed by atoms with Crippen molar-refractivity contribution in [1.29, 1.82) is 5.26 Å². The molecule has 0 N–H and O–H groups in total. The largest absolute Gasteiger partial charge is 0.331 e. The second kappa shape index (κ2) is 4.21. The van der Waals surface area contributed by atoms with E-state index in [4.69, 9.17) is 5.26 Å². The van der Waals surface area contributed by atoms with Crippen molar-refractivity contribution >= 4 is 11.0 Å². The maximum Gasteiger partial charge on any atom is 0.112 e. The van der Waals surface area contributed by atoms with E-state index in [-0.39, 0.29) is 0 Å². The van der Waals surface area contributed by atoms with Crippen LogP contribution in [0, 0.1) is 17.2 Å². The molecular formula is C14H17N3. The number of aromatic nitrogens is 2. The minimum atomic E-state index is 0.415. The van der Waals surface area contributed by atoms with E-state index in [1.165, 1.54) is 0 Å². The number of imidazole rings is 1. The van der Waals surface area contributed by atoms with Gasteiger partial charge in [0.1, 0.15) is 5.82 Å². The molecule has 0 radical (unpaired) electrons. The summed E-state index contributed by atoms with van der Waals surface area (Å²) in [5.41, 5.74) is 2.67. The zero-order valence-electron chi connectivity index (χ0n) is 10.7. The number of hydrogen-bond donors (Lipinski definition) is 0. The predicted octanol–water partition coefficient (Wildman–Crippen LogP) is 3.20. The van der Waals surface area contributed by atoms with Crippen LogP contribution in [0.3, 0.4) is 0 Å². The Kier molecular flexibility index (Phi) is 2.89. The van der Waals surface area contributed by atoms with Crippen molar-refractivity contribution in [2.24, 2.45) is 13.0 Å². The third kappa shape index (κ3) is 1.91. The summed E-state index contributed by atoms with van der Waals surface area (Å²) in [4.78, 5) is 4.65. The topological polar surface area (TPSA) is 41.6 Å². The molecule has 3 heteroatoms. The molecule has 0 bridgehead atoms. The van der Waals surface area contributed by atoms with Gasteiger partial charge in [-0.1, -0.05) is 20.8 Å². The van der Waals surface area contributed by atoms with E-state index in [0.717, 1.165) is 16.9 Å². The molecule has 17 heavy (non-hydrogen) atoms. The van der Waals surface area contributed by atoms with Crippen LogP contribution in [0.2, 0.25) is 0 Å². The molecule has 0 saturated heterocycles. The molecule has 88 valence electrons. The summed E-state index contributed by atoms with van der Waals surface area (Å²) in [6.07, 6.45) is 0. The number of rotatable bonds is 2. The van der Waals surface area contributed by atoms with Crippen LogP contribution in [0.15, 0.2) is 18.2 Å². The molecular weight excluding hydrogens is 210 g/mol. The molecule has 1 unspecified atom stereocenters. The van der Waals surface area contributed by atoms with Crippen molar-refractivity contribution in [3.05, 3.63) is 29.6 Å². The van der Waals surface area contributed by atoms with Gasteiger partial charge in [-0.15, -0.1) is 0 Å². The zero-order chi connectivity index (χ0) is 12.6. The fourth-order valence-electron chi connectivity index (χ4n) is 1.99. The van der Waals surface area contributed by atoms with E-state index < -0.39 is 0 Å². The van der Waals surface area contributed by atoms with Gasteiger partial charge in [0.25, 0.3) is 0 Å². The lowest BCUT2D eigenvalue weighted by molar-refractivity contribution is 0.499. The summed E-state index contributed by atoms with van der Waals surface area (Å²) in [6, 6.07) is 7.81. The lowest BCUT2D eigenvalue weighted by Gasteiger charge is -2.14. The Balaban J connectivity index is 2.61. The van der Waals surface area contributed by atoms with Crippen LogP contribution in [0.5, 0.6) is 0 Å². The quantitative estimate of drug-likeness (QED) is 0.790. The lowest BCUT2D eigenvalue weighted by Crippen LogP contribution is -2.08. The summed E-state index contributed by atoms with van der Waals surface area (Å²) in [5, 5.41) is 8.89. The second-order valence-corrected chi connectivity index (χ2v) is 4.88. The monoisotopic (exact) mass is 227 g/mol. The summed E-state index contributed by atoms with van der Waals surface area (Å²) in [6.45, 7) is 6.59. The Morgan fingerprint density at radius 2 is 2.00 bits per heavy atom. The first-order chi connectivity index (χ1) is 8.04. The fourth-order valence-corrected chi connectivity index (χ4v) is 1.99. The first-order valence-electron chi connectivity index (χ1n) is 5.91. The first-order valence-corrected chi connectivity index (χ1v) is 5.91. The van der Waals surface area contributed by atoms with E-state index >= 15 is 0 Å². The molecule has 0 saturated carbocycles. The van der Waals surface area contributed by atoms with Gasteiger partial charge in [0.15, 0.2) is 0 Å². The van der Waals surface area contributed by atoms with E-state index in [0.29, 0.717) is 17.4 Å². The highest BCUT2D eigenvalue weighted by Gasteiger charge is 2.17. The number of fused-ring (bicyclic) bond motifs is 1. The SMILES string of the molecule is CC(C)C(C)c1nc2cc(C#N)ccc2n1C. The van der Waals surface area contributed by atoms with Gasteiger partial charge in [0, 0.05) is 13.0 Å². The number of nitriles is 1. The van der Waals surface area contributed by atoms with Crippen molar-refractivity contribution < 1.29 is 0 Å². The summed E-state index contributed by atoms with van der Waals surface area (Å²) < 4.78 is 2.13. The zero-order valence-corrected chi connectivity index (χ0v) is 10.7. The highest BCUT2D eigenvalue weighted by atomic mass is 15.1. The highest BCUT2D eigenvalue weighted by molar-refractivity contribution is 5.77. The number of benzene rings is 1. The molecule has 0 amide bonds. The third-order valence-corrected chi connectivity index (χ3v) is 3.45. The fraction of sp³-hybridized carbons (Fsp3) is 0.429. The van der Waals surface area contributed by atoms with Crippen LogP contribution in [-0.2, 0) is 7.05 Å². The molecule has 0 aliphatic carbocycles. The average molecular weight is 227 g/mol. The van der Waals surface area contributed by atoms with Crippen molar-refractivity contribution in [2.75, 3.05) is 0 Å². The normalized spacial score (nSPS) is 12.9. The van der Waals surface area contributed by atoms with Gasteiger partial charge in [-0.05, 0) is 24.1 Å². The van der Waals surface area contributed by atoms with Gasteiger partial charge in [-0.2, -0.15) is 5.26 Å². The lowest BCUT2D eigenvalue weighted by atomic mass is 9.97. The van der Waals surface area contributed by atoms with E-state index in [9.17, 15) is 0 Å². The Labute approximate surface area is 102 Å². The average Bonchev–Trinajstić information content (AvgIpc) is 2.65. The molecule has 2 aromatic rings. The minimum Gasteiger partial charge on any atom is -0.331 e. The number of hydrogen-bond acceptors (Lipinski definition) is 2. The van der Waals surface area contributed by atoms with Gasteiger partial charge in [-0.25, -0.2) is 4.98 Å². The Morgan fingerprint density at radius 3 is 2.59 bits per heavy atom. The van der Waals surface area contributed by atoms with Crippen LogP contribution in [0.4, 0.5) is 0 Å². The molecule has 1 aromatic heterocycles. The molecule has 2 rings (SSSR count). The molecule has 3 nitrogen and oxygen atoms in total. The highest BCUT2D eigenvalue weighted by Crippen LogP contribution is 2.26. The predicted molar refractivity (Wildman–Crippen MR) is 68.7 cm³/mol. The molecule has 1 atom stereocenters. The van der Waals surface area contributed by atoms with Crippen LogP contribution in [0.1, 0.15) is 38.1 Å². The summed E-state index contributed by atoms with van der Waals surface area (Å²) in [7, 11) is 2.04. The van der Waals surface area contributed by atoms with Crippen LogP contribution >= 0.6 is 0 Å². The molecule has 0 aliphatic heterocycles. The van der Waals surface area contributed by atoms with Crippen molar-refractivity contribution in [2.45, 2.75) is 26.7 Å². The van der Waals surface area contributed by atoms with Gasteiger partial charge in [0.2, 0.25) is 0 Å². The molecule has 0 fully saturated rings. The van der Waals surface area contributed by atoms with Gasteiger partial charge < -0.3 is 4.57 Å². The standard InChI is InChI=1S/C14H17N3/c1-9(2)10(3)14-16-12-7-11(8-15)5-6-13(12)17(14)4/h5-7,9-10H,1-4H3. The Morgan fingerprint density at radius 1 is 1.29 bits per heavy atom. The maximum atomic E-state index is 8.89.